The highest BCUT2D eigenvalue weighted by Crippen LogP contribution is 2.05. The number of nitrogens with zero attached hydrogens (tertiary/aromatic N) is 1. The Balaban J connectivity index is 2.54. The second-order valence-corrected chi connectivity index (χ2v) is 3.87. The first-order chi connectivity index (χ1) is 7.76. The molecule has 0 spiro atoms. The minimum absolute atomic E-state index is 0.157. The quantitative estimate of drug-likeness (QED) is 0.674. The fourth-order valence-corrected chi connectivity index (χ4v) is 1.58. The van der Waals surface area contributed by atoms with E-state index < -0.39 is 0 Å². The minimum atomic E-state index is 0.157. The van der Waals surface area contributed by atoms with Gasteiger partial charge < -0.3 is 10.8 Å². The van der Waals surface area contributed by atoms with Crippen molar-refractivity contribution in [3.8, 4) is 0 Å². The van der Waals surface area contributed by atoms with E-state index in [0.717, 1.165) is 18.7 Å². The zero-order chi connectivity index (χ0) is 11.8. The zero-order valence-electron chi connectivity index (χ0n) is 9.60. The van der Waals surface area contributed by atoms with Gasteiger partial charge in [0.1, 0.15) is 0 Å². The van der Waals surface area contributed by atoms with Gasteiger partial charge in [-0.3, -0.25) is 4.90 Å². The van der Waals surface area contributed by atoms with Crippen molar-refractivity contribution in [2.75, 3.05) is 26.2 Å². The molecule has 0 saturated carbocycles. The van der Waals surface area contributed by atoms with Crippen molar-refractivity contribution in [1.29, 1.82) is 0 Å². The summed E-state index contributed by atoms with van der Waals surface area (Å²) >= 11 is 0. The van der Waals surface area contributed by atoms with E-state index in [4.69, 9.17) is 10.8 Å². The van der Waals surface area contributed by atoms with Gasteiger partial charge in [0.25, 0.3) is 0 Å². The van der Waals surface area contributed by atoms with E-state index in [1.807, 2.05) is 18.2 Å². The molecule has 0 saturated heterocycles. The number of aliphatic hydroxyl groups excluding tert-OH is 1. The lowest BCUT2D eigenvalue weighted by Gasteiger charge is -2.22. The van der Waals surface area contributed by atoms with Gasteiger partial charge in [0, 0.05) is 26.2 Å². The fraction of sp³-hybridized carbons (Fsp3) is 0.385. The molecule has 0 radical (unpaired) electrons. The van der Waals surface area contributed by atoms with Gasteiger partial charge in [-0.2, -0.15) is 0 Å². The summed E-state index contributed by atoms with van der Waals surface area (Å²) in [6, 6.07) is 10.2. The molecule has 0 aliphatic carbocycles. The van der Waals surface area contributed by atoms with E-state index in [2.05, 4.69) is 23.6 Å². The molecule has 0 aliphatic rings. The Kier molecular flexibility index (Phi) is 5.78. The third kappa shape index (κ3) is 4.57. The van der Waals surface area contributed by atoms with Gasteiger partial charge in [-0.15, -0.1) is 0 Å². The average Bonchev–Trinajstić information content (AvgIpc) is 2.30. The molecule has 0 aliphatic heterocycles. The van der Waals surface area contributed by atoms with Crippen LogP contribution in [0.25, 0.3) is 0 Å². The molecule has 1 rings (SSSR count). The van der Waals surface area contributed by atoms with Crippen LogP contribution in [0.5, 0.6) is 0 Å². The van der Waals surface area contributed by atoms with E-state index in [1.165, 1.54) is 5.56 Å². The molecular weight excluding hydrogens is 200 g/mol. The predicted octanol–water partition coefficient (Wildman–Crippen LogP) is 0.996. The molecule has 0 aromatic heterocycles. The van der Waals surface area contributed by atoms with Crippen LogP contribution in [0.15, 0.2) is 42.5 Å². The van der Waals surface area contributed by atoms with E-state index in [0.29, 0.717) is 13.1 Å². The average molecular weight is 220 g/mol. The highest BCUT2D eigenvalue weighted by Gasteiger charge is 2.06. The first kappa shape index (κ1) is 12.9. The number of hydrogen-bond donors (Lipinski definition) is 2. The largest absolute Gasteiger partial charge is 0.395 e. The lowest BCUT2D eigenvalue weighted by Crippen LogP contribution is -2.30. The predicted molar refractivity (Wildman–Crippen MR) is 67.0 cm³/mol. The fourth-order valence-electron chi connectivity index (χ4n) is 1.58. The normalized spacial score (nSPS) is 10.7. The Hall–Kier alpha value is -1.16. The molecule has 3 nitrogen and oxygen atoms in total. The van der Waals surface area contributed by atoms with Gasteiger partial charge in [-0.1, -0.05) is 36.9 Å². The molecule has 3 N–H and O–H groups in total. The number of aliphatic hydroxyl groups is 1. The van der Waals surface area contributed by atoms with Gasteiger partial charge in [-0.05, 0) is 11.1 Å². The van der Waals surface area contributed by atoms with E-state index >= 15 is 0 Å². The van der Waals surface area contributed by atoms with Crippen LogP contribution in [0.1, 0.15) is 5.56 Å². The standard InChI is InChI=1S/C13H20N2O/c1-12(9-14)10-15(7-8-16)11-13-5-3-2-4-6-13/h2-6,16H,1,7-11,14H2. The molecule has 0 fully saturated rings. The molecule has 1 aromatic rings. The molecule has 0 bridgehead atoms. The van der Waals surface area contributed by atoms with Gasteiger partial charge in [-0.25, -0.2) is 0 Å². The van der Waals surface area contributed by atoms with Crippen molar-refractivity contribution < 1.29 is 5.11 Å². The second-order valence-electron chi connectivity index (χ2n) is 3.87. The Morgan fingerprint density at radius 1 is 1.31 bits per heavy atom. The Morgan fingerprint density at radius 2 is 2.00 bits per heavy atom. The van der Waals surface area contributed by atoms with Crippen molar-refractivity contribution in [3.63, 3.8) is 0 Å². The summed E-state index contributed by atoms with van der Waals surface area (Å²) in [5.41, 5.74) is 7.75. The lowest BCUT2D eigenvalue weighted by atomic mass is 10.2. The number of rotatable bonds is 7. The summed E-state index contributed by atoms with van der Waals surface area (Å²) in [5, 5.41) is 9.00. The molecular formula is C13H20N2O. The van der Waals surface area contributed by atoms with Crippen molar-refractivity contribution >= 4 is 0 Å². The van der Waals surface area contributed by atoms with Crippen LogP contribution >= 0.6 is 0 Å². The van der Waals surface area contributed by atoms with E-state index in [9.17, 15) is 0 Å². The maximum Gasteiger partial charge on any atom is 0.0558 e. The summed E-state index contributed by atoms with van der Waals surface area (Å²) in [6.07, 6.45) is 0. The van der Waals surface area contributed by atoms with Crippen molar-refractivity contribution in [3.05, 3.63) is 48.0 Å². The maximum atomic E-state index is 9.00. The zero-order valence-corrected chi connectivity index (χ0v) is 9.60. The molecule has 0 heterocycles. The SMILES string of the molecule is C=C(CN)CN(CCO)Cc1ccccc1. The molecule has 0 atom stereocenters. The van der Waals surface area contributed by atoms with E-state index in [1.54, 1.807) is 0 Å². The highest BCUT2D eigenvalue weighted by atomic mass is 16.3. The number of benzene rings is 1. The summed E-state index contributed by atoms with van der Waals surface area (Å²) < 4.78 is 0. The summed E-state index contributed by atoms with van der Waals surface area (Å²) in [4.78, 5) is 2.14. The Bertz CT molecular complexity index is 311. The van der Waals surface area contributed by atoms with Crippen LogP contribution in [0.4, 0.5) is 0 Å². The topological polar surface area (TPSA) is 49.5 Å². The minimum Gasteiger partial charge on any atom is -0.395 e. The maximum absolute atomic E-state index is 9.00. The monoisotopic (exact) mass is 220 g/mol. The molecule has 16 heavy (non-hydrogen) atoms. The van der Waals surface area contributed by atoms with Gasteiger partial charge in [0.15, 0.2) is 0 Å². The van der Waals surface area contributed by atoms with Crippen LogP contribution in [-0.2, 0) is 6.54 Å². The van der Waals surface area contributed by atoms with Crippen molar-refractivity contribution in [1.82, 2.24) is 4.90 Å². The number of nitrogens with two attached hydrogens (primary N) is 1. The highest BCUT2D eigenvalue weighted by molar-refractivity contribution is 5.15. The molecule has 0 amide bonds. The lowest BCUT2D eigenvalue weighted by molar-refractivity contribution is 0.200. The first-order valence-corrected chi connectivity index (χ1v) is 5.50. The van der Waals surface area contributed by atoms with Gasteiger partial charge in [0.2, 0.25) is 0 Å². The van der Waals surface area contributed by atoms with Crippen LogP contribution < -0.4 is 5.73 Å². The second kappa shape index (κ2) is 7.17. The smallest absolute Gasteiger partial charge is 0.0558 e. The molecule has 1 aromatic carbocycles. The number of hydrogen-bond acceptors (Lipinski definition) is 3. The third-order valence-corrected chi connectivity index (χ3v) is 2.40. The van der Waals surface area contributed by atoms with Crippen molar-refractivity contribution in [2.24, 2.45) is 5.73 Å². The van der Waals surface area contributed by atoms with Gasteiger partial charge >= 0.3 is 0 Å². The van der Waals surface area contributed by atoms with Crippen molar-refractivity contribution in [2.45, 2.75) is 6.54 Å². The Morgan fingerprint density at radius 3 is 2.56 bits per heavy atom. The van der Waals surface area contributed by atoms with Crippen LogP contribution in [0.3, 0.4) is 0 Å². The van der Waals surface area contributed by atoms with Crippen LogP contribution in [0, 0.1) is 0 Å². The van der Waals surface area contributed by atoms with Gasteiger partial charge in [0.05, 0.1) is 6.61 Å². The summed E-state index contributed by atoms with van der Waals surface area (Å²) in [7, 11) is 0. The van der Waals surface area contributed by atoms with Crippen LogP contribution in [0.2, 0.25) is 0 Å². The Labute approximate surface area is 97.2 Å². The first-order valence-electron chi connectivity index (χ1n) is 5.50. The summed E-state index contributed by atoms with van der Waals surface area (Å²) in [6.45, 7) is 6.75. The van der Waals surface area contributed by atoms with E-state index in [-0.39, 0.29) is 6.61 Å². The molecule has 0 unspecified atom stereocenters. The molecule has 3 heteroatoms. The van der Waals surface area contributed by atoms with Crippen LogP contribution in [-0.4, -0.2) is 36.2 Å². The molecule has 88 valence electrons. The summed E-state index contributed by atoms with van der Waals surface area (Å²) in [5.74, 6) is 0. The third-order valence-electron chi connectivity index (χ3n) is 2.40.